The highest BCUT2D eigenvalue weighted by Crippen LogP contribution is 2.20. The summed E-state index contributed by atoms with van der Waals surface area (Å²) < 4.78 is 5.54. The summed E-state index contributed by atoms with van der Waals surface area (Å²) in [4.78, 5) is 11.9. The first-order valence-corrected chi connectivity index (χ1v) is 6.39. The Labute approximate surface area is 108 Å². The number of amides is 1. The Morgan fingerprint density at radius 2 is 2.06 bits per heavy atom. The van der Waals surface area contributed by atoms with Gasteiger partial charge in [-0.25, -0.2) is 0 Å². The van der Waals surface area contributed by atoms with E-state index in [-0.39, 0.29) is 18.1 Å². The number of benzene rings is 1. The molecule has 2 rings (SSSR count). The summed E-state index contributed by atoms with van der Waals surface area (Å²) in [7, 11) is 1.91. The minimum Gasteiger partial charge on any atom is -0.365 e. The molecule has 4 heteroatoms. The fourth-order valence-corrected chi connectivity index (χ4v) is 2.13. The number of nitrogens with one attached hydrogen (secondary N) is 2. The van der Waals surface area contributed by atoms with E-state index >= 15 is 0 Å². The van der Waals surface area contributed by atoms with Gasteiger partial charge >= 0.3 is 0 Å². The molecule has 0 aromatic heterocycles. The van der Waals surface area contributed by atoms with E-state index < -0.39 is 0 Å². The van der Waals surface area contributed by atoms with E-state index in [4.69, 9.17) is 4.74 Å². The second-order valence-electron chi connectivity index (χ2n) is 4.73. The monoisotopic (exact) mass is 248 g/mol. The van der Waals surface area contributed by atoms with Crippen LogP contribution in [-0.2, 0) is 16.1 Å². The van der Waals surface area contributed by atoms with Crippen molar-refractivity contribution in [1.82, 2.24) is 5.32 Å². The summed E-state index contributed by atoms with van der Waals surface area (Å²) in [6.07, 6.45) is 1.67. The molecule has 98 valence electrons. The number of rotatable bonds is 4. The number of ether oxygens (including phenoxy) is 1. The maximum absolute atomic E-state index is 11.9. The smallest absolute Gasteiger partial charge is 0.253 e. The molecule has 1 aliphatic rings. The van der Waals surface area contributed by atoms with E-state index in [0.29, 0.717) is 0 Å². The van der Waals surface area contributed by atoms with Crippen LogP contribution in [0.1, 0.15) is 25.3 Å². The van der Waals surface area contributed by atoms with Crippen LogP contribution in [0, 0.1) is 0 Å². The summed E-state index contributed by atoms with van der Waals surface area (Å²) in [5, 5.41) is 5.98. The van der Waals surface area contributed by atoms with Crippen LogP contribution in [0.4, 0.5) is 5.69 Å². The van der Waals surface area contributed by atoms with E-state index in [1.807, 2.05) is 38.2 Å². The van der Waals surface area contributed by atoms with Crippen molar-refractivity contribution in [2.45, 2.75) is 38.5 Å². The van der Waals surface area contributed by atoms with Crippen LogP contribution in [0.5, 0.6) is 0 Å². The molecular formula is C14H20N2O2. The summed E-state index contributed by atoms with van der Waals surface area (Å²) in [5.41, 5.74) is 2.02. The van der Waals surface area contributed by atoms with Crippen molar-refractivity contribution >= 4 is 11.6 Å². The number of carbonyl (C=O) groups excluding carboxylic acids is 1. The maximum atomic E-state index is 11.9. The minimum atomic E-state index is -0.294. The van der Waals surface area contributed by atoms with E-state index in [0.717, 1.165) is 25.1 Å². The van der Waals surface area contributed by atoms with Gasteiger partial charge in [-0.1, -0.05) is 12.1 Å². The molecule has 2 N–H and O–H groups in total. The zero-order chi connectivity index (χ0) is 13.0. The van der Waals surface area contributed by atoms with Gasteiger partial charge in [0, 0.05) is 12.2 Å². The quantitative estimate of drug-likeness (QED) is 0.855. The van der Waals surface area contributed by atoms with Gasteiger partial charge in [-0.05, 0) is 44.5 Å². The number of anilines is 1. The summed E-state index contributed by atoms with van der Waals surface area (Å²) in [5.74, 6) is -0.0410. The third-order valence-electron chi connectivity index (χ3n) is 3.13. The zero-order valence-corrected chi connectivity index (χ0v) is 10.9. The third kappa shape index (κ3) is 3.31. The predicted molar refractivity (Wildman–Crippen MR) is 71.4 cm³/mol. The maximum Gasteiger partial charge on any atom is 0.253 e. The van der Waals surface area contributed by atoms with Crippen molar-refractivity contribution in [3.05, 3.63) is 29.8 Å². The highest BCUT2D eigenvalue weighted by atomic mass is 16.5. The van der Waals surface area contributed by atoms with Gasteiger partial charge in [0.2, 0.25) is 0 Å². The first kappa shape index (κ1) is 13.1. The van der Waals surface area contributed by atoms with Gasteiger partial charge < -0.3 is 15.4 Å². The largest absolute Gasteiger partial charge is 0.365 e. The van der Waals surface area contributed by atoms with Gasteiger partial charge in [0.05, 0.1) is 6.10 Å². The summed E-state index contributed by atoms with van der Waals surface area (Å²) in [6.45, 7) is 2.83. The lowest BCUT2D eigenvalue weighted by Gasteiger charge is -2.12. The molecule has 4 nitrogen and oxygen atoms in total. The Bertz CT molecular complexity index is 403. The molecule has 1 saturated heterocycles. The molecule has 1 fully saturated rings. The first-order valence-electron chi connectivity index (χ1n) is 6.39. The van der Waals surface area contributed by atoms with Crippen molar-refractivity contribution in [2.75, 3.05) is 12.4 Å². The second-order valence-corrected chi connectivity index (χ2v) is 4.73. The molecule has 1 amide bonds. The van der Waals surface area contributed by atoms with Gasteiger partial charge in [-0.15, -0.1) is 0 Å². The van der Waals surface area contributed by atoms with Gasteiger partial charge in [-0.2, -0.15) is 0 Å². The van der Waals surface area contributed by atoms with Crippen LogP contribution in [0.15, 0.2) is 24.3 Å². The average Bonchev–Trinajstić information content (AvgIpc) is 2.79. The Kier molecular flexibility index (Phi) is 4.33. The number of carbonyl (C=O) groups is 1. The van der Waals surface area contributed by atoms with Crippen LogP contribution in [0.2, 0.25) is 0 Å². The van der Waals surface area contributed by atoms with Gasteiger partial charge in [0.15, 0.2) is 0 Å². The van der Waals surface area contributed by atoms with E-state index in [9.17, 15) is 4.79 Å². The topological polar surface area (TPSA) is 50.4 Å². The number of hydrogen-bond donors (Lipinski definition) is 2. The van der Waals surface area contributed by atoms with Crippen molar-refractivity contribution in [2.24, 2.45) is 0 Å². The molecule has 0 bridgehead atoms. The molecule has 1 aromatic carbocycles. The van der Waals surface area contributed by atoms with E-state index in [1.165, 1.54) is 5.56 Å². The van der Waals surface area contributed by atoms with Crippen LogP contribution in [0.25, 0.3) is 0 Å². The standard InChI is InChI=1S/C14H20N2O2/c1-10-3-8-13(18-10)14(17)16-12-6-4-11(5-7-12)9-15-2/h4-7,10,13,15H,3,8-9H2,1-2H3,(H,16,17). The lowest BCUT2D eigenvalue weighted by molar-refractivity contribution is -0.126. The number of hydrogen-bond acceptors (Lipinski definition) is 3. The fourth-order valence-electron chi connectivity index (χ4n) is 2.13. The van der Waals surface area contributed by atoms with Crippen LogP contribution >= 0.6 is 0 Å². The van der Waals surface area contributed by atoms with Crippen LogP contribution in [-0.4, -0.2) is 25.2 Å². The molecule has 1 aliphatic heterocycles. The zero-order valence-electron chi connectivity index (χ0n) is 10.9. The molecule has 1 heterocycles. The SMILES string of the molecule is CNCc1ccc(NC(=O)C2CCC(C)O2)cc1. The highest BCUT2D eigenvalue weighted by molar-refractivity contribution is 5.94. The van der Waals surface area contributed by atoms with Crippen LogP contribution < -0.4 is 10.6 Å². The Morgan fingerprint density at radius 3 is 2.61 bits per heavy atom. The van der Waals surface area contributed by atoms with Crippen LogP contribution in [0.3, 0.4) is 0 Å². The fraction of sp³-hybridized carbons (Fsp3) is 0.500. The van der Waals surface area contributed by atoms with Crippen molar-refractivity contribution < 1.29 is 9.53 Å². The van der Waals surface area contributed by atoms with Gasteiger partial charge in [0.1, 0.15) is 6.10 Å². The molecule has 0 radical (unpaired) electrons. The van der Waals surface area contributed by atoms with Crippen molar-refractivity contribution in [3.8, 4) is 0 Å². The molecule has 18 heavy (non-hydrogen) atoms. The van der Waals surface area contributed by atoms with Gasteiger partial charge in [-0.3, -0.25) is 4.79 Å². The molecule has 2 unspecified atom stereocenters. The van der Waals surface area contributed by atoms with Crippen molar-refractivity contribution in [3.63, 3.8) is 0 Å². The Balaban J connectivity index is 1.90. The highest BCUT2D eigenvalue weighted by Gasteiger charge is 2.27. The lowest BCUT2D eigenvalue weighted by atomic mass is 10.2. The summed E-state index contributed by atoms with van der Waals surface area (Å²) >= 11 is 0. The molecule has 2 atom stereocenters. The molecule has 0 aliphatic carbocycles. The molecule has 0 saturated carbocycles. The normalized spacial score (nSPS) is 23.0. The van der Waals surface area contributed by atoms with Crippen molar-refractivity contribution in [1.29, 1.82) is 0 Å². The van der Waals surface area contributed by atoms with Gasteiger partial charge in [0.25, 0.3) is 5.91 Å². The van der Waals surface area contributed by atoms with E-state index in [1.54, 1.807) is 0 Å². The third-order valence-corrected chi connectivity index (χ3v) is 3.13. The minimum absolute atomic E-state index is 0.0410. The average molecular weight is 248 g/mol. The second kappa shape index (κ2) is 5.98. The Hall–Kier alpha value is -1.39. The van der Waals surface area contributed by atoms with E-state index in [2.05, 4.69) is 10.6 Å². The molecule has 0 spiro atoms. The molecule has 1 aromatic rings. The predicted octanol–water partition coefficient (Wildman–Crippen LogP) is 1.91. The molecular weight excluding hydrogens is 228 g/mol. The first-order chi connectivity index (χ1) is 8.69. The lowest BCUT2D eigenvalue weighted by Crippen LogP contribution is -2.27. The Morgan fingerprint density at radius 1 is 1.33 bits per heavy atom. The summed E-state index contributed by atoms with van der Waals surface area (Å²) in [6, 6.07) is 7.85.